The van der Waals surface area contributed by atoms with Crippen molar-refractivity contribution in [2.75, 3.05) is 20.6 Å². The fraction of sp³-hybridized carbons (Fsp3) is 0.765. The average molecular weight is 277 g/mol. The molecule has 4 unspecified atom stereocenters. The molecule has 2 aliphatic rings. The predicted molar refractivity (Wildman–Crippen MR) is 80.4 cm³/mol. The summed E-state index contributed by atoms with van der Waals surface area (Å²) in [5, 5.41) is 0. The van der Waals surface area contributed by atoms with Crippen molar-refractivity contribution >= 4 is 11.6 Å². The largest absolute Gasteiger partial charge is 0.309 e. The molecular formula is C17H27NO2. The van der Waals surface area contributed by atoms with E-state index < -0.39 is 0 Å². The van der Waals surface area contributed by atoms with Gasteiger partial charge in [0, 0.05) is 24.2 Å². The third-order valence-corrected chi connectivity index (χ3v) is 4.76. The highest BCUT2D eigenvalue weighted by Crippen LogP contribution is 2.49. The lowest BCUT2D eigenvalue weighted by Crippen LogP contribution is -2.35. The second-order valence-corrected chi connectivity index (χ2v) is 6.93. The number of ketones is 2. The van der Waals surface area contributed by atoms with Gasteiger partial charge in [0.2, 0.25) is 0 Å². The average Bonchev–Trinajstić information content (AvgIpc) is 2.96. The molecule has 4 atom stereocenters. The SMILES string of the molecule is CC(C)C(=O)C1C2C=CC(C2)C1C(=O)CCCN(C)C. The maximum Gasteiger partial charge on any atom is 0.139 e. The minimum absolute atomic E-state index is 0.0322. The van der Waals surface area contributed by atoms with Crippen LogP contribution in [0.2, 0.25) is 0 Å². The van der Waals surface area contributed by atoms with E-state index in [1.165, 1.54) is 0 Å². The second-order valence-electron chi connectivity index (χ2n) is 6.93. The van der Waals surface area contributed by atoms with Crippen molar-refractivity contribution in [3.8, 4) is 0 Å². The van der Waals surface area contributed by atoms with Crippen LogP contribution in [0, 0.1) is 29.6 Å². The Hall–Kier alpha value is -0.960. The smallest absolute Gasteiger partial charge is 0.139 e. The van der Waals surface area contributed by atoms with Crippen LogP contribution < -0.4 is 0 Å². The molecule has 2 aliphatic carbocycles. The van der Waals surface area contributed by atoms with Crippen LogP contribution in [0.25, 0.3) is 0 Å². The van der Waals surface area contributed by atoms with Gasteiger partial charge in [0.1, 0.15) is 11.6 Å². The third-order valence-electron chi connectivity index (χ3n) is 4.76. The predicted octanol–water partition coefficient (Wildman–Crippen LogP) is 2.56. The van der Waals surface area contributed by atoms with Gasteiger partial charge in [-0.2, -0.15) is 0 Å². The number of hydrogen-bond acceptors (Lipinski definition) is 3. The van der Waals surface area contributed by atoms with Gasteiger partial charge in [-0.05, 0) is 45.3 Å². The van der Waals surface area contributed by atoms with Gasteiger partial charge in [-0.15, -0.1) is 0 Å². The van der Waals surface area contributed by atoms with Crippen LogP contribution in [-0.2, 0) is 9.59 Å². The minimum Gasteiger partial charge on any atom is -0.309 e. The molecule has 2 rings (SSSR count). The molecular weight excluding hydrogens is 250 g/mol. The second kappa shape index (κ2) is 6.21. The van der Waals surface area contributed by atoms with E-state index >= 15 is 0 Å². The molecule has 1 fully saturated rings. The molecule has 0 N–H and O–H groups in total. The van der Waals surface area contributed by atoms with Crippen molar-refractivity contribution in [2.24, 2.45) is 29.6 Å². The van der Waals surface area contributed by atoms with E-state index in [4.69, 9.17) is 0 Å². The van der Waals surface area contributed by atoms with Crippen LogP contribution in [0.3, 0.4) is 0 Å². The summed E-state index contributed by atoms with van der Waals surface area (Å²) in [4.78, 5) is 27.1. The lowest BCUT2D eigenvalue weighted by atomic mass is 9.74. The van der Waals surface area contributed by atoms with E-state index in [9.17, 15) is 9.59 Å². The van der Waals surface area contributed by atoms with Gasteiger partial charge in [-0.3, -0.25) is 9.59 Å². The molecule has 0 saturated heterocycles. The number of hydrogen-bond donors (Lipinski definition) is 0. The monoisotopic (exact) mass is 277 g/mol. The highest BCUT2D eigenvalue weighted by Gasteiger charge is 2.50. The molecule has 0 radical (unpaired) electrons. The molecule has 3 nitrogen and oxygen atoms in total. The van der Waals surface area contributed by atoms with E-state index in [1.54, 1.807) is 0 Å². The van der Waals surface area contributed by atoms with Crippen LogP contribution in [0.4, 0.5) is 0 Å². The van der Waals surface area contributed by atoms with Crippen LogP contribution in [0.1, 0.15) is 33.1 Å². The zero-order valence-electron chi connectivity index (χ0n) is 13.1. The normalized spacial score (nSPS) is 31.5. The number of rotatable bonds is 7. The Morgan fingerprint density at radius 1 is 1.15 bits per heavy atom. The lowest BCUT2D eigenvalue weighted by Gasteiger charge is -2.27. The summed E-state index contributed by atoms with van der Waals surface area (Å²) >= 11 is 0. The van der Waals surface area contributed by atoms with Crippen molar-refractivity contribution in [2.45, 2.75) is 33.1 Å². The number of nitrogens with zero attached hydrogens (tertiary/aromatic N) is 1. The minimum atomic E-state index is -0.0446. The molecule has 0 amide bonds. The quantitative estimate of drug-likeness (QED) is 0.671. The maximum atomic E-state index is 12.5. The van der Waals surface area contributed by atoms with Crippen LogP contribution in [0.15, 0.2) is 12.2 Å². The van der Waals surface area contributed by atoms with E-state index in [0.717, 1.165) is 19.4 Å². The Bertz CT molecular complexity index is 411. The first-order valence-corrected chi connectivity index (χ1v) is 7.81. The summed E-state index contributed by atoms with van der Waals surface area (Å²) in [5.41, 5.74) is 0. The standard InChI is InChI=1S/C17H27NO2/c1-11(2)17(20)16-13-8-7-12(10-13)15(16)14(19)6-5-9-18(3)4/h7-8,11-13,15-16H,5-6,9-10H2,1-4H3. The number of Topliss-reactive ketones (excluding diaryl/α,β-unsaturated/α-hetero) is 2. The first-order chi connectivity index (χ1) is 9.41. The Kier molecular flexibility index (Phi) is 4.79. The number of fused-ring (bicyclic) bond motifs is 2. The summed E-state index contributed by atoms with van der Waals surface area (Å²) < 4.78 is 0. The van der Waals surface area contributed by atoms with E-state index in [1.807, 2.05) is 27.9 Å². The molecule has 0 aliphatic heterocycles. The summed E-state index contributed by atoms with van der Waals surface area (Å²) in [7, 11) is 4.05. The van der Waals surface area contributed by atoms with E-state index in [2.05, 4.69) is 17.1 Å². The van der Waals surface area contributed by atoms with Gasteiger partial charge in [0.15, 0.2) is 0 Å². The zero-order valence-corrected chi connectivity index (χ0v) is 13.1. The van der Waals surface area contributed by atoms with Gasteiger partial charge < -0.3 is 4.90 Å². The summed E-state index contributed by atoms with van der Waals surface area (Å²) in [6.45, 7) is 4.84. The Morgan fingerprint density at radius 3 is 2.30 bits per heavy atom. The van der Waals surface area contributed by atoms with E-state index in [-0.39, 0.29) is 23.5 Å². The Labute approximate surface area is 122 Å². The van der Waals surface area contributed by atoms with Crippen LogP contribution in [-0.4, -0.2) is 37.1 Å². The Morgan fingerprint density at radius 2 is 1.75 bits per heavy atom. The van der Waals surface area contributed by atoms with Crippen molar-refractivity contribution in [1.82, 2.24) is 4.90 Å². The molecule has 112 valence electrons. The molecule has 0 aromatic carbocycles. The fourth-order valence-electron chi connectivity index (χ4n) is 3.77. The number of carbonyl (C=O) groups is 2. The van der Waals surface area contributed by atoms with E-state index in [0.29, 0.717) is 24.0 Å². The first-order valence-electron chi connectivity index (χ1n) is 7.81. The molecule has 1 saturated carbocycles. The highest BCUT2D eigenvalue weighted by atomic mass is 16.1. The number of carbonyl (C=O) groups excluding carboxylic acids is 2. The summed E-state index contributed by atoms with van der Waals surface area (Å²) in [6, 6.07) is 0. The van der Waals surface area contributed by atoms with Gasteiger partial charge in [-0.1, -0.05) is 26.0 Å². The van der Waals surface area contributed by atoms with Crippen molar-refractivity contribution < 1.29 is 9.59 Å². The molecule has 0 aromatic heterocycles. The highest BCUT2D eigenvalue weighted by molar-refractivity contribution is 5.92. The third kappa shape index (κ3) is 3.03. The van der Waals surface area contributed by atoms with Crippen molar-refractivity contribution in [3.05, 3.63) is 12.2 Å². The van der Waals surface area contributed by atoms with Crippen LogP contribution in [0.5, 0.6) is 0 Å². The van der Waals surface area contributed by atoms with Crippen molar-refractivity contribution in [1.29, 1.82) is 0 Å². The van der Waals surface area contributed by atoms with Gasteiger partial charge in [0.05, 0.1) is 0 Å². The molecule has 0 spiro atoms. The molecule has 0 aromatic rings. The van der Waals surface area contributed by atoms with Crippen LogP contribution >= 0.6 is 0 Å². The molecule has 2 bridgehead atoms. The fourth-order valence-corrected chi connectivity index (χ4v) is 3.77. The number of allylic oxidation sites excluding steroid dienone is 2. The summed E-state index contributed by atoms with van der Waals surface area (Å²) in [5.74, 6) is 1.18. The topological polar surface area (TPSA) is 37.4 Å². The molecule has 0 heterocycles. The zero-order chi connectivity index (χ0) is 14.9. The molecule has 3 heteroatoms. The van der Waals surface area contributed by atoms with Crippen molar-refractivity contribution in [3.63, 3.8) is 0 Å². The maximum absolute atomic E-state index is 12.5. The van der Waals surface area contributed by atoms with Gasteiger partial charge >= 0.3 is 0 Å². The van der Waals surface area contributed by atoms with Gasteiger partial charge in [-0.25, -0.2) is 0 Å². The molecule has 20 heavy (non-hydrogen) atoms. The lowest BCUT2D eigenvalue weighted by molar-refractivity contribution is -0.134. The first kappa shape index (κ1) is 15.4. The summed E-state index contributed by atoms with van der Waals surface area (Å²) in [6.07, 6.45) is 6.85. The van der Waals surface area contributed by atoms with Gasteiger partial charge in [0.25, 0.3) is 0 Å². The Balaban J connectivity index is 2.03.